The van der Waals surface area contributed by atoms with Crippen LogP contribution in [0, 0.1) is 0 Å². The van der Waals surface area contributed by atoms with E-state index >= 15 is 0 Å². The van der Waals surface area contributed by atoms with Crippen LogP contribution in [0.25, 0.3) is 11.0 Å². The Morgan fingerprint density at radius 3 is 2.32 bits per heavy atom. The average molecular weight is 503 g/mol. The van der Waals surface area contributed by atoms with Crippen molar-refractivity contribution in [3.05, 3.63) is 91.2 Å². The fourth-order valence-corrected chi connectivity index (χ4v) is 4.44. The van der Waals surface area contributed by atoms with Gasteiger partial charge in [-0.1, -0.05) is 30.3 Å². The number of aromatic nitrogens is 2. The molecule has 5 nitrogen and oxygen atoms in total. The fraction of sp³-hybridized carbons (Fsp3) is 0.0952. The number of anilines is 1. The summed E-state index contributed by atoms with van der Waals surface area (Å²) in [5.74, 6) is 0.777. The zero-order valence-electron chi connectivity index (χ0n) is 14.8. The largest absolute Gasteiger partial charge is 0.487 e. The van der Waals surface area contributed by atoms with Gasteiger partial charge < -0.3 is 20.0 Å². The molecular formula is C21H17Br2N3O2. The lowest BCUT2D eigenvalue weighted by molar-refractivity contribution is 0.302. The summed E-state index contributed by atoms with van der Waals surface area (Å²) in [4.78, 5) is 16.9. The Balaban J connectivity index is 1.45. The number of imidazole rings is 1. The number of H-pyrrole nitrogens is 2. The van der Waals surface area contributed by atoms with Crippen LogP contribution in [0.5, 0.6) is 5.75 Å². The normalized spacial score (nSPS) is 10.9. The van der Waals surface area contributed by atoms with Crippen LogP contribution in [-0.4, -0.2) is 9.97 Å². The highest BCUT2D eigenvalue weighted by atomic mass is 79.9. The molecule has 0 saturated heterocycles. The van der Waals surface area contributed by atoms with E-state index in [1.165, 1.54) is 0 Å². The van der Waals surface area contributed by atoms with Gasteiger partial charge in [-0.3, -0.25) is 0 Å². The van der Waals surface area contributed by atoms with Crippen LogP contribution in [0.4, 0.5) is 5.69 Å². The van der Waals surface area contributed by atoms with E-state index in [1.807, 2.05) is 60.7 Å². The second kappa shape index (κ2) is 8.24. The molecule has 0 aliphatic rings. The zero-order valence-corrected chi connectivity index (χ0v) is 17.9. The number of fused-ring (bicyclic) bond motifs is 1. The van der Waals surface area contributed by atoms with Gasteiger partial charge in [0, 0.05) is 12.2 Å². The Kier molecular flexibility index (Phi) is 5.54. The summed E-state index contributed by atoms with van der Waals surface area (Å²) in [6.45, 7) is 1.14. The molecule has 0 radical (unpaired) electrons. The predicted molar refractivity (Wildman–Crippen MR) is 119 cm³/mol. The highest BCUT2D eigenvalue weighted by Gasteiger charge is 2.10. The maximum Gasteiger partial charge on any atom is 0.323 e. The molecule has 4 rings (SSSR count). The maximum absolute atomic E-state index is 11.4. The molecule has 142 valence electrons. The van der Waals surface area contributed by atoms with Gasteiger partial charge in [0.2, 0.25) is 0 Å². The summed E-state index contributed by atoms with van der Waals surface area (Å²) >= 11 is 7.21. The molecule has 1 heterocycles. The van der Waals surface area contributed by atoms with E-state index in [0.29, 0.717) is 13.2 Å². The first kappa shape index (κ1) is 18.8. The molecule has 0 atom stereocenters. The molecular weight excluding hydrogens is 486 g/mol. The van der Waals surface area contributed by atoms with Gasteiger partial charge in [0.1, 0.15) is 12.4 Å². The van der Waals surface area contributed by atoms with Crippen molar-refractivity contribution < 1.29 is 4.74 Å². The predicted octanol–water partition coefficient (Wildman–Crippen LogP) is 5.57. The first-order valence-corrected chi connectivity index (χ1v) is 10.3. The van der Waals surface area contributed by atoms with E-state index in [9.17, 15) is 4.79 Å². The van der Waals surface area contributed by atoms with Gasteiger partial charge in [-0.15, -0.1) is 0 Å². The average Bonchev–Trinajstić information content (AvgIpc) is 3.06. The van der Waals surface area contributed by atoms with Crippen molar-refractivity contribution in [3.63, 3.8) is 0 Å². The molecule has 0 amide bonds. The number of aromatic amines is 2. The van der Waals surface area contributed by atoms with E-state index in [0.717, 1.165) is 42.5 Å². The summed E-state index contributed by atoms with van der Waals surface area (Å²) in [5.41, 5.74) is 4.51. The Morgan fingerprint density at radius 2 is 1.57 bits per heavy atom. The Hall–Kier alpha value is -2.51. The van der Waals surface area contributed by atoms with Gasteiger partial charge >= 0.3 is 5.69 Å². The van der Waals surface area contributed by atoms with Crippen molar-refractivity contribution in [1.82, 2.24) is 9.97 Å². The second-order valence-corrected chi connectivity index (χ2v) is 8.06. The molecule has 0 fully saturated rings. The number of benzene rings is 3. The lowest BCUT2D eigenvalue weighted by atomic mass is 10.2. The minimum Gasteiger partial charge on any atom is -0.487 e. The number of nitrogens with one attached hydrogen (secondary N) is 3. The number of ether oxygens (including phenoxy) is 1. The van der Waals surface area contributed by atoms with Crippen molar-refractivity contribution >= 4 is 48.6 Å². The standard InChI is InChI=1S/C21H17Br2N3O2/c22-16-8-14(9-17(23)20(16)28-12-13-4-2-1-3-5-13)11-24-15-6-7-18-19(10-15)26-21(27)25-18/h1-10,24H,11-12H2,(H2,25,26,27). The fourth-order valence-electron chi connectivity index (χ4n) is 2.93. The van der Waals surface area contributed by atoms with Crippen LogP contribution in [0.1, 0.15) is 11.1 Å². The minimum atomic E-state index is -0.203. The molecule has 1 aromatic heterocycles. The summed E-state index contributed by atoms with van der Waals surface area (Å²) in [6.07, 6.45) is 0. The molecule has 0 unspecified atom stereocenters. The molecule has 3 N–H and O–H groups in total. The highest BCUT2D eigenvalue weighted by molar-refractivity contribution is 9.11. The number of halogens is 2. The van der Waals surface area contributed by atoms with Gasteiger partial charge in [0.15, 0.2) is 0 Å². The quantitative estimate of drug-likeness (QED) is 0.322. The molecule has 0 aliphatic heterocycles. The Morgan fingerprint density at radius 1 is 0.857 bits per heavy atom. The van der Waals surface area contributed by atoms with Crippen LogP contribution < -0.4 is 15.7 Å². The number of hydrogen-bond acceptors (Lipinski definition) is 3. The van der Waals surface area contributed by atoms with Crippen LogP contribution in [0.15, 0.2) is 74.4 Å². The SMILES string of the molecule is O=c1[nH]c2ccc(NCc3cc(Br)c(OCc4ccccc4)c(Br)c3)cc2[nH]1. The highest BCUT2D eigenvalue weighted by Crippen LogP contribution is 2.35. The lowest BCUT2D eigenvalue weighted by Gasteiger charge is -2.13. The van der Waals surface area contributed by atoms with Gasteiger partial charge in [-0.05, 0) is 73.3 Å². The smallest absolute Gasteiger partial charge is 0.323 e. The van der Waals surface area contributed by atoms with Gasteiger partial charge in [-0.25, -0.2) is 4.79 Å². The van der Waals surface area contributed by atoms with E-state index in [2.05, 4.69) is 47.1 Å². The van der Waals surface area contributed by atoms with Crippen molar-refractivity contribution in [2.75, 3.05) is 5.32 Å². The maximum atomic E-state index is 11.4. The third-order valence-corrected chi connectivity index (χ3v) is 5.47. The molecule has 0 bridgehead atoms. The number of rotatable bonds is 6. The monoisotopic (exact) mass is 501 g/mol. The van der Waals surface area contributed by atoms with E-state index in [1.54, 1.807) is 0 Å². The van der Waals surface area contributed by atoms with Crippen molar-refractivity contribution in [2.24, 2.45) is 0 Å². The third kappa shape index (κ3) is 4.31. The Labute approximate surface area is 178 Å². The van der Waals surface area contributed by atoms with Crippen LogP contribution in [-0.2, 0) is 13.2 Å². The summed E-state index contributed by atoms with van der Waals surface area (Å²) in [7, 11) is 0. The Bertz CT molecular complexity index is 1150. The first-order valence-electron chi connectivity index (χ1n) is 8.69. The van der Waals surface area contributed by atoms with Gasteiger partial charge in [0.25, 0.3) is 0 Å². The second-order valence-electron chi connectivity index (χ2n) is 6.36. The first-order chi connectivity index (χ1) is 13.6. The van der Waals surface area contributed by atoms with Crippen molar-refractivity contribution in [2.45, 2.75) is 13.2 Å². The number of hydrogen-bond donors (Lipinski definition) is 3. The minimum absolute atomic E-state index is 0.203. The van der Waals surface area contributed by atoms with Crippen LogP contribution >= 0.6 is 31.9 Å². The van der Waals surface area contributed by atoms with E-state index in [4.69, 9.17) is 4.74 Å². The molecule has 0 aliphatic carbocycles. The topological polar surface area (TPSA) is 69.9 Å². The molecule has 0 saturated carbocycles. The van der Waals surface area contributed by atoms with E-state index < -0.39 is 0 Å². The molecule has 0 spiro atoms. The van der Waals surface area contributed by atoms with E-state index in [-0.39, 0.29) is 5.69 Å². The lowest BCUT2D eigenvalue weighted by Crippen LogP contribution is -2.01. The summed E-state index contributed by atoms with van der Waals surface area (Å²) < 4.78 is 7.75. The van der Waals surface area contributed by atoms with Crippen LogP contribution in [0.2, 0.25) is 0 Å². The van der Waals surface area contributed by atoms with Crippen molar-refractivity contribution in [1.29, 1.82) is 0 Å². The molecule has 7 heteroatoms. The summed E-state index contributed by atoms with van der Waals surface area (Å²) in [5, 5.41) is 3.38. The third-order valence-electron chi connectivity index (χ3n) is 4.30. The molecule has 28 heavy (non-hydrogen) atoms. The zero-order chi connectivity index (χ0) is 19.5. The molecule has 4 aromatic rings. The van der Waals surface area contributed by atoms with Gasteiger partial charge in [0.05, 0.1) is 20.0 Å². The van der Waals surface area contributed by atoms with Crippen molar-refractivity contribution in [3.8, 4) is 5.75 Å². The molecule has 3 aromatic carbocycles. The van der Waals surface area contributed by atoms with Crippen LogP contribution in [0.3, 0.4) is 0 Å². The van der Waals surface area contributed by atoms with Gasteiger partial charge in [-0.2, -0.15) is 0 Å². The summed E-state index contributed by atoms with van der Waals surface area (Å²) in [6, 6.07) is 19.9.